The highest BCUT2D eigenvalue weighted by atomic mass is 16.3. The Labute approximate surface area is 119 Å². The van der Waals surface area contributed by atoms with Crippen LogP contribution in [-0.2, 0) is 0 Å². The molecule has 0 amide bonds. The molecule has 0 aliphatic heterocycles. The first-order chi connectivity index (χ1) is 9.00. The van der Waals surface area contributed by atoms with Gasteiger partial charge in [0.15, 0.2) is 0 Å². The van der Waals surface area contributed by atoms with Gasteiger partial charge >= 0.3 is 0 Å². The lowest BCUT2D eigenvalue weighted by Crippen LogP contribution is -2.47. The molecule has 0 bridgehead atoms. The summed E-state index contributed by atoms with van der Waals surface area (Å²) in [6, 6.07) is 1.32. The highest BCUT2D eigenvalue weighted by Gasteiger charge is 2.31. The van der Waals surface area contributed by atoms with Crippen molar-refractivity contribution in [1.82, 2.24) is 10.2 Å². The average molecular weight is 270 g/mol. The van der Waals surface area contributed by atoms with Gasteiger partial charge in [-0.05, 0) is 66.0 Å². The number of hydrogen-bond acceptors (Lipinski definition) is 3. The van der Waals surface area contributed by atoms with Crippen molar-refractivity contribution >= 4 is 0 Å². The molecule has 1 aliphatic carbocycles. The number of aliphatic hydroxyl groups is 1. The van der Waals surface area contributed by atoms with E-state index in [0.29, 0.717) is 12.1 Å². The van der Waals surface area contributed by atoms with Crippen LogP contribution in [0.3, 0.4) is 0 Å². The normalized spacial score (nSPS) is 19.1. The molecule has 1 fully saturated rings. The van der Waals surface area contributed by atoms with Gasteiger partial charge < -0.3 is 15.3 Å². The van der Waals surface area contributed by atoms with Crippen molar-refractivity contribution in [1.29, 1.82) is 0 Å². The van der Waals surface area contributed by atoms with Crippen molar-refractivity contribution in [2.45, 2.75) is 83.8 Å². The van der Waals surface area contributed by atoms with Gasteiger partial charge in [-0.25, -0.2) is 0 Å². The molecule has 0 heterocycles. The van der Waals surface area contributed by atoms with Gasteiger partial charge in [0.25, 0.3) is 0 Å². The van der Waals surface area contributed by atoms with Crippen LogP contribution in [0.25, 0.3) is 0 Å². The maximum Gasteiger partial charge on any atom is 0.0610 e. The van der Waals surface area contributed by atoms with Gasteiger partial charge in [-0.15, -0.1) is 0 Å². The summed E-state index contributed by atoms with van der Waals surface area (Å²) in [7, 11) is 0. The second kappa shape index (κ2) is 8.23. The molecule has 3 nitrogen and oxygen atoms in total. The van der Waals surface area contributed by atoms with Crippen molar-refractivity contribution in [3.8, 4) is 0 Å². The largest absolute Gasteiger partial charge is 0.394 e. The zero-order valence-electron chi connectivity index (χ0n) is 13.4. The summed E-state index contributed by atoms with van der Waals surface area (Å²) < 4.78 is 0. The molecular weight excluding hydrogens is 236 g/mol. The van der Waals surface area contributed by atoms with Gasteiger partial charge in [0.2, 0.25) is 0 Å². The molecule has 0 aromatic rings. The van der Waals surface area contributed by atoms with Crippen LogP contribution in [0.15, 0.2) is 0 Å². The van der Waals surface area contributed by atoms with Crippen LogP contribution in [0.2, 0.25) is 0 Å². The van der Waals surface area contributed by atoms with Gasteiger partial charge in [-0.2, -0.15) is 0 Å². The van der Waals surface area contributed by atoms with Crippen molar-refractivity contribution in [3.05, 3.63) is 0 Å². The van der Waals surface area contributed by atoms with E-state index in [1.165, 1.54) is 45.2 Å². The smallest absolute Gasteiger partial charge is 0.0610 e. The van der Waals surface area contributed by atoms with Crippen molar-refractivity contribution < 1.29 is 5.11 Å². The Balaban J connectivity index is 2.19. The first-order valence-corrected chi connectivity index (χ1v) is 8.13. The Kier molecular flexibility index (Phi) is 7.33. The van der Waals surface area contributed by atoms with E-state index in [0.717, 1.165) is 6.42 Å². The Morgan fingerprint density at radius 1 is 1.26 bits per heavy atom. The second-order valence-corrected chi connectivity index (χ2v) is 6.72. The number of hydrogen-bond donors (Lipinski definition) is 2. The molecule has 0 radical (unpaired) electrons. The molecule has 3 heteroatoms. The average Bonchev–Trinajstić information content (AvgIpc) is 3.16. The van der Waals surface area contributed by atoms with E-state index in [9.17, 15) is 5.11 Å². The van der Waals surface area contributed by atoms with Crippen LogP contribution >= 0.6 is 0 Å². The number of aliphatic hydroxyl groups excluding tert-OH is 1. The minimum absolute atomic E-state index is 0.0609. The molecule has 0 aromatic carbocycles. The summed E-state index contributed by atoms with van der Waals surface area (Å²) in [5.41, 5.74) is -0.0609. The molecule has 0 aromatic heterocycles. The summed E-state index contributed by atoms with van der Waals surface area (Å²) in [6.07, 6.45) is 7.32. The third-order valence-corrected chi connectivity index (χ3v) is 4.14. The van der Waals surface area contributed by atoms with E-state index < -0.39 is 0 Å². The van der Waals surface area contributed by atoms with Gasteiger partial charge in [-0.3, -0.25) is 0 Å². The van der Waals surface area contributed by atoms with Crippen LogP contribution in [0, 0.1) is 0 Å². The molecule has 1 aliphatic rings. The van der Waals surface area contributed by atoms with Gasteiger partial charge in [0.05, 0.1) is 6.61 Å². The number of nitrogens with zero attached hydrogens (tertiary/aromatic N) is 1. The summed E-state index contributed by atoms with van der Waals surface area (Å²) in [4.78, 5) is 2.56. The van der Waals surface area contributed by atoms with E-state index in [2.05, 4.69) is 37.9 Å². The summed E-state index contributed by atoms with van der Waals surface area (Å²) in [5, 5.41) is 13.2. The number of nitrogens with one attached hydrogen (secondary N) is 1. The molecule has 19 heavy (non-hydrogen) atoms. The Bertz CT molecular complexity index is 241. The van der Waals surface area contributed by atoms with Gasteiger partial charge in [0.1, 0.15) is 0 Å². The lowest BCUT2D eigenvalue weighted by molar-refractivity contribution is 0.156. The third-order valence-electron chi connectivity index (χ3n) is 4.14. The Hall–Kier alpha value is -0.120. The molecule has 1 saturated carbocycles. The van der Waals surface area contributed by atoms with E-state index in [1.807, 2.05) is 0 Å². The standard InChI is InChI=1S/C16H34N2O/c1-5-11-18(14(2)3)12-7-6-10-16(4,13-19)17-15-8-9-15/h14-15,17,19H,5-13H2,1-4H3. The van der Waals surface area contributed by atoms with E-state index in [-0.39, 0.29) is 12.1 Å². The third kappa shape index (κ3) is 6.73. The minimum Gasteiger partial charge on any atom is -0.394 e. The van der Waals surface area contributed by atoms with Crippen LogP contribution in [0.1, 0.15) is 66.2 Å². The highest BCUT2D eigenvalue weighted by molar-refractivity contribution is 4.92. The fourth-order valence-electron chi connectivity index (χ4n) is 2.66. The summed E-state index contributed by atoms with van der Waals surface area (Å²) in [6.45, 7) is 11.6. The second-order valence-electron chi connectivity index (χ2n) is 6.72. The molecule has 0 spiro atoms. The zero-order chi connectivity index (χ0) is 14.3. The fraction of sp³-hybridized carbons (Fsp3) is 1.00. The molecule has 1 unspecified atom stereocenters. The van der Waals surface area contributed by atoms with Crippen LogP contribution in [-0.4, -0.2) is 47.3 Å². The summed E-state index contributed by atoms with van der Waals surface area (Å²) in [5.74, 6) is 0. The first-order valence-electron chi connectivity index (χ1n) is 8.13. The molecular formula is C16H34N2O. The van der Waals surface area contributed by atoms with Gasteiger partial charge in [0, 0.05) is 17.6 Å². The van der Waals surface area contributed by atoms with Crippen LogP contribution in [0.5, 0.6) is 0 Å². The summed E-state index contributed by atoms with van der Waals surface area (Å²) >= 11 is 0. The van der Waals surface area contributed by atoms with E-state index >= 15 is 0 Å². The topological polar surface area (TPSA) is 35.5 Å². The molecule has 1 atom stereocenters. The molecule has 114 valence electrons. The Morgan fingerprint density at radius 2 is 1.95 bits per heavy atom. The van der Waals surface area contributed by atoms with Crippen LogP contribution < -0.4 is 5.32 Å². The first kappa shape index (κ1) is 16.9. The van der Waals surface area contributed by atoms with Crippen molar-refractivity contribution in [3.63, 3.8) is 0 Å². The number of unbranched alkanes of at least 4 members (excludes halogenated alkanes) is 1. The predicted octanol–water partition coefficient (Wildman–Crippen LogP) is 2.78. The van der Waals surface area contributed by atoms with E-state index in [1.54, 1.807) is 0 Å². The lowest BCUT2D eigenvalue weighted by atomic mass is 9.95. The van der Waals surface area contributed by atoms with Crippen molar-refractivity contribution in [2.75, 3.05) is 19.7 Å². The molecule has 1 rings (SSSR count). The predicted molar refractivity (Wildman–Crippen MR) is 82.5 cm³/mol. The van der Waals surface area contributed by atoms with E-state index in [4.69, 9.17) is 0 Å². The monoisotopic (exact) mass is 270 g/mol. The van der Waals surface area contributed by atoms with Crippen LogP contribution in [0.4, 0.5) is 0 Å². The zero-order valence-corrected chi connectivity index (χ0v) is 13.4. The maximum absolute atomic E-state index is 9.57. The quantitative estimate of drug-likeness (QED) is 0.567. The number of rotatable bonds is 11. The molecule has 0 saturated heterocycles. The lowest BCUT2D eigenvalue weighted by Gasteiger charge is -2.30. The fourth-order valence-corrected chi connectivity index (χ4v) is 2.66. The molecule has 2 N–H and O–H groups in total. The van der Waals surface area contributed by atoms with Crippen molar-refractivity contribution in [2.24, 2.45) is 0 Å². The highest BCUT2D eigenvalue weighted by Crippen LogP contribution is 2.25. The minimum atomic E-state index is -0.0609. The SMILES string of the molecule is CCCN(CCCCC(C)(CO)NC1CC1)C(C)C. The van der Waals surface area contributed by atoms with Gasteiger partial charge in [-0.1, -0.05) is 13.3 Å². The maximum atomic E-state index is 9.57. The Morgan fingerprint density at radius 3 is 2.42 bits per heavy atom.